The van der Waals surface area contributed by atoms with E-state index in [1.807, 2.05) is 14.0 Å². The minimum absolute atomic E-state index is 0.139. The zero-order valence-corrected chi connectivity index (χ0v) is 9.43. The van der Waals surface area contributed by atoms with Gasteiger partial charge in [0.2, 0.25) is 0 Å². The molecule has 0 aromatic carbocycles. The molecule has 0 aromatic rings. The van der Waals surface area contributed by atoms with Gasteiger partial charge in [-0.15, -0.1) is 0 Å². The van der Waals surface area contributed by atoms with Crippen LogP contribution in [0.15, 0.2) is 0 Å². The molecular formula is C10H22N2O2. The number of likely N-dealkylation sites (N-methyl/N-ethyl adjacent to an activating group) is 1. The lowest BCUT2D eigenvalue weighted by Gasteiger charge is -2.14. The Morgan fingerprint density at radius 1 is 1.36 bits per heavy atom. The Hall–Kier alpha value is -0.610. The highest BCUT2D eigenvalue weighted by Gasteiger charge is 2.16. The first-order valence-corrected chi connectivity index (χ1v) is 5.24. The number of carbonyl (C=O) groups excluding carboxylic acids is 1. The molecule has 0 aliphatic carbocycles. The summed E-state index contributed by atoms with van der Waals surface area (Å²) in [5, 5.41) is 6.05. The summed E-state index contributed by atoms with van der Waals surface area (Å²) in [5.74, 6) is -0.139. The second-order valence-corrected chi connectivity index (χ2v) is 3.19. The third kappa shape index (κ3) is 5.94. The van der Waals surface area contributed by atoms with Crippen LogP contribution in [-0.2, 0) is 9.53 Å². The molecule has 0 saturated heterocycles. The Morgan fingerprint density at radius 3 is 2.57 bits per heavy atom. The number of hydrogen-bond donors (Lipinski definition) is 2. The van der Waals surface area contributed by atoms with Crippen molar-refractivity contribution in [1.82, 2.24) is 10.6 Å². The number of rotatable bonds is 8. The Labute approximate surface area is 86.4 Å². The SMILES string of the molecule is CCOC(=O)C(CCCCNC)NC. The molecule has 0 aliphatic heterocycles. The normalized spacial score (nSPS) is 12.5. The Kier molecular flexibility index (Phi) is 8.57. The maximum absolute atomic E-state index is 11.3. The molecule has 2 N–H and O–H groups in total. The molecule has 0 aliphatic rings. The molecule has 1 unspecified atom stereocenters. The quantitative estimate of drug-likeness (QED) is 0.445. The van der Waals surface area contributed by atoms with Crippen LogP contribution in [0.25, 0.3) is 0 Å². The smallest absolute Gasteiger partial charge is 0.323 e. The van der Waals surface area contributed by atoms with Crippen LogP contribution in [-0.4, -0.2) is 39.3 Å². The van der Waals surface area contributed by atoms with Crippen LogP contribution < -0.4 is 10.6 Å². The lowest BCUT2D eigenvalue weighted by atomic mass is 10.1. The van der Waals surface area contributed by atoms with Gasteiger partial charge in [-0.1, -0.05) is 6.42 Å². The Morgan fingerprint density at radius 2 is 2.07 bits per heavy atom. The van der Waals surface area contributed by atoms with E-state index in [0.717, 1.165) is 25.8 Å². The molecule has 0 saturated carbocycles. The molecule has 0 rings (SSSR count). The average molecular weight is 202 g/mol. The van der Waals surface area contributed by atoms with Crippen molar-refractivity contribution < 1.29 is 9.53 Å². The first-order chi connectivity index (χ1) is 6.76. The third-order valence-corrected chi connectivity index (χ3v) is 2.09. The summed E-state index contributed by atoms with van der Waals surface area (Å²) >= 11 is 0. The van der Waals surface area contributed by atoms with Crippen molar-refractivity contribution >= 4 is 5.97 Å². The standard InChI is InChI=1S/C10H22N2O2/c1-4-14-10(13)9(12-3)7-5-6-8-11-2/h9,11-12H,4-8H2,1-3H3. The topological polar surface area (TPSA) is 50.4 Å². The van der Waals surface area contributed by atoms with Gasteiger partial charge in [0, 0.05) is 0 Å². The highest BCUT2D eigenvalue weighted by molar-refractivity contribution is 5.75. The van der Waals surface area contributed by atoms with E-state index in [2.05, 4.69) is 10.6 Å². The molecule has 4 heteroatoms. The first-order valence-electron chi connectivity index (χ1n) is 5.24. The lowest BCUT2D eigenvalue weighted by molar-refractivity contribution is -0.145. The molecule has 0 fully saturated rings. The van der Waals surface area contributed by atoms with Gasteiger partial charge in [-0.05, 0) is 40.4 Å². The van der Waals surface area contributed by atoms with Gasteiger partial charge >= 0.3 is 5.97 Å². The van der Waals surface area contributed by atoms with E-state index in [1.165, 1.54) is 0 Å². The molecule has 1 atom stereocenters. The summed E-state index contributed by atoms with van der Waals surface area (Å²) < 4.78 is 4.93. The van der Waals surface area contributed by atoms with Crippen molar-refractivity contribution in [2.24, 2.45) is 0 Å². The van der Waals surface area contributed by atoms with Crippen molar-refractivity contribution in [2.45, 2.75) is 32.2 Å². The van der Waals surface area contributed by atoms with Crippen LogP contribution in [0.5, 0.6) is 0 Å². The maximum Gasteiger partial charge on any atom is 0.323 e. The number of nitrogens with one attached hydrogen (secondary N) is 2. The molecule has 14 heavy (non-hydrogen) atoms. The van der Waals surface area contributed by atoms with Crippen LogP contribution >= 0.6 is 0 Å². The number of ether oxygens (including phenoxy) is 1. The molecule has 84 valence electrons. The van der Waals surface area contributed by atoms with Crippen molar-refractivity contribution in [1.29, 1.82) is 0 Å². The van der Waals surface area contributed by atoms with Gasteiger partial charge in [-0.3, -0.25) is 4.79 Å². The zero-order chi connectivity index (χ0) is 10.8. The summed E-state index contributed by atoms with van der Waals surface area (Å²) in [6.07, 6.45) is 2.97. The fraction of sp³-hybridized carbons (Fsp3) is 0.900. The predicted octanol–water partition coefficient (Wildman–Crippen LogP) is 0.527. The summed E-state index contributed by atoms with van der Waals surface area (Å²) in [7, 11) is 3.72. The maximum atomic E-state index is 11.3. The highest BCUT2D eigenvalue weighted by Crippen LogP contribution is 2.02. The van der Waals surface area contributed by atoms with E-state index in [-0.39, 0.29) is 12.0 Å². The number of unbranched alkanes of at least 4 members (excludes halogenated alkanes) is 1. The van der Waals surface area contributed by atoms with Crippen molar-refractivity contribution in [2.75, 3.05) is 27.2 Å². The largest absolute Gasteiger partial charge is 0.465 e. The highest BCUT2D eigenvalue weighted by atomic mass is 16.5. The Balaban J connectivity index is 3.62. The second kappa shape index (κ2) is 8.97. The van der Waals surface area contributed by atoms with Crippen molar-refractivity contribution in [3.8, 4) is 0 Å². The molecule has 0 amide bonds. The summed E-state index contributed by atoms with van der Waals surface area (Å²) in [6, 6.07) is -0.146. The van der Waals surface area contributed by atoms with Gasteiger partial charge in [0.25, 0.3) is 0 Å². The van der Waals surface area contributed by atoms with E-state index in [4.69, 9.17) is 4.74 Å². The van der Waals surface area contributed by atoms with Gasteiger partial charge < -0.3 is 15.4 Å². The fourth-order valence-corrected chi connectivity index (χ4v) is 1.27. The van der Waals surface area contributed by atoms with Crippen molar-refractivity contribution in [3.63, 3.8) is 0 Å². The van der Waals surface area contributed by atoms with Crippen LogP contribution in [0.3, 0.4) is 0 Å². The average Bonchev–Trinajstić information content (AvgIpc) is 2.18. The van der Waals surface area contributed by atoms with E-state index < -0.39 is 0 Å². The molecule has 0 spiro atoms. The first kappa shape index (κ1) is 13.4. The monoisotopic (exact) mass is 202 g/mol. The minimum Gasteiger partial charge on any atom is -0.465 e. The van der Waals surface area contributed by atoms with Gasteiger partial charge in [0.1, 0.15) is 6.04 Å². The lowest BCUT2D eigenvalue weighted by Crippen LogP contribution is -2.35. The van der Waals surface area contributed by atoms with Gasteiger partial charge in [-0.25, -0.2) is 0 Å². The molecule has 0 heterocycles. The Bertz CT molecular complexity index is 151. The predicted molar refractivity (Wildman–Crippen MR) is 57.3 cm³/mol. The summed E-state index contributed by atoms with van der Waals surface area (Å²) in [6.45, 7) is 3.28. The number of esters is 1. The number of hydrogen-bond acceptors (Lipinski definition) is 4. The molecular weight excluding hydrogens is 180 g/mol. The molecule has 0 radical (unpaired) electrons. The van der Waals surface area contributed by atoms with E-state index in [0.29, 0.717) is 6.61 Å². The zero-order valence-electron chi connectivity index (χ0n) is 9.43. The van der Waals surface area contributed by atoms with E-state index in [1.54, 1.807) is 7.05 Å². The third-order valence-electron chi connectivity index (χ3n) is 2.09. The summed E-state index contributed by atoms with van der Waals surface area (Å²) in [5.41, 5.74) is 0. The van der Waals surface area contributed by atoms with Crippen LogP contribution in [0.4, 0.5) is 0 Å². The fourth-order valence-electron chi connectivity index (χ4n) is 1.27. The molecule has 0 bridgehead atoms. The molecule has 0 aromatic heterocycles. The summed E-state index contributed by atoms with van der Waals surface area (Å²) in [4.78, 5) is 11.3. The van der Waals surface area contributed by atoms with E-state index >= 15 is 0 Å². The molecule has 4 nitrogen and oxygen atoms in total. The van der Waals surface area contributed by atoms with Crippen LogP contribution in [0.2, 0.25) is 0 Å². The van der Waals surface area contributed by atoms with Gasteiger partial charge in [-0.2, -0.15) is 0 Å². The van der Waals surface area contributed by atoms with Crippen molar-refractivity contribution in [3.05, 3.63) is 0 Å². The number of carbonyl (C=O) groups is 1. The minimum atomic E-state index is -0.146. The van der Waals surface area contributed by atoms with Gasteiger partial charge in [0.05, 0.1) is 6.61 Å². The van der Waals surface area contributed by atoms with E-state index in [9.17, 15) is 4.79 Å². The van der Waals surface area contributed by atoms with Crippen LogP contribution in [0.1, 0.15) is 26.2 Å². The van der Waals surface area contributed by atoms with Crippen LogP contribution in [0, 0.1) is 0 Å². The van der Waals surface area contributed by atoms with Gasteiger partial charge in [0.15, 0.2) is 0 Å². The second-order valence-electron chi connectivity index (χ2n) is 3.19.